The van der Waals surface area contributed by atoms with Crippen LogP contribution < -0.4 is 15.4 Å². The average molecular weight is 361 g/mol. The minimum Gasteiger partial charge on any atom is -0.362 e. The zero-order valence-corrected chi connectivity index (χ0v) is 15.4. The van der Waals surface area contributed by atoms with Gasteiger partial charge in [0.15, 0.2) is 0 Å². The molecule has 1 amide bonds. The lowest BCUT2D eigenvalue weighted by molar-refractivity contribution is -0.115. The van der Waals surface area contributed by atoms with Gasteiger partial charge in [-0.15, -0.1) is 0 Å². The third-order valence-corrected chi connectivity index (χ3v) is 4.81. The van der Waals surface area contributed by atoms with Crippen LogP contribution in [0.2, 0.25) is 0 Å². The Morgan fingerprint density at radius 3 is 2.28 bits per heavy atom. The summed E-state index contributed by atoms with van der Waals surface area (Å²) in [5.41, 5.74) is 3.84. The third-order valence-electron chi connectivity index (χ3n) is 3.88. The summed E-state index contributed by atoms with van der Waals surface area (Å²) in [7, 11) is -3.74. The largest absolute Gasteiger partial charge is 0.362 e. The van der Waals surface area contributed by atoms with Gasteiger partial charge < -0.3 is 10.2 Å². The average Bonchev–Trinajstić information content (AvgIpc) is 2.53. The van der Waals surface area contributed by atoms with Gasteiger partial charge in [0.05, 0.1) is 11.4 Å². The number of carbonyl (C=O) groups is 1. The Morgan fingerprint density at radius 2 is 1.76 bits per heavy atom. The second-order valence-corrected chi connectivity index (χ2v) is 7.48. The second kappa shape index (κ2) is 7.67. The van der Waals surface area contributed by atoms with E-state index in [0.717, 1.165) is 11.3 Å². The van der Waals surface area contributed by atoms with Crippen molar-refractivity contribution in [1.82, 2.24) is 0 Å². The summed E-state index contributed by atoms with van der Waals surface area (Å²) in [6.07, 6.45) is 0. The fourth-order valence-corrected chi connectivity index (χ4v) is 3.14. The van der Waals surface area contributed by atoms with Gasteiger partial charge in [0.2, 0.25) is 15.9 Å². The molecule has 0 radical (unpaired) electrons. The van der Waals surface area contributed by atoms with Crippen LogP contribution in [-0.4, -0.2) is 27.4 Å². The fraction of sp³-hybridized carbons (Fsp3) is 0.278. The highest BCUT2D eigenvalue weighted by atomic mass is 32.2. The number of nitrogens with one attached hydrogen (secondary N) is 1. The number of anilines is 2. The maximum Gasteiger partial charge on any atom is 0.243 e. The number of nitrogens with two attached hydrogens (primary N) is 1. The maximum atomic E-state index is 12.3. The van der Waals surface area contributed by atoms with Crippen LogP contribution in [-0.2, 0) is 14.8 Å². The molecule has 0 aromatic heterocycles. The lowest BCUT2D eigenvalue weighted by Crippen LogP contribution is -2.33. The van der Waals surface area contributed by atoms with E-state index in [4.69, 9.17) is 5.14 Å². The van der Waals surface area contributed by atoms with E-state index in [1.165, 1.54) is 29.8 Å². The summed E-state index contributed by atoms with van der Waals surface area (Å²) in [4.78, 5) is 14.3. The Kier molecular flexibility index (Phi) is 5.81. The molecule has 2 aromatic carbocycles. The monoisotopic (exact) mass is 361 g/mol. The van der Waals surface area contributed by atoms with Gasteiger partial charge in [0.25, 0.3) is 0 Å². The number of nitrogens with zero attached hydrogens (tertiary/aromatic N) is 1. The molecule has 0 spiro atoms. The van der Waals surface area contributed by atoms with Crippen molar-refractivity contribution in [1.29, 1.82) is 0 Å². The summed E-state index contributed by atoms with van der Waals surface area (Å²) in [6.45, 7) is 6.95. The smallest absolute Gasteiger partial charge is 0.243 e. The molecular formula is C18H23N3O3S. The zero-order valence-electron chi connectivity index (χ0n) is 14.6. The highest BCUT2D eigenvalue weighted by molar-refractivity contribution is 7.89. The van der Waals surface area contributed by atoms with Gasteiger partial charge in [-0.2, -0.15) is 0 Å². The van der Waals surface area contributed by atoms with E-state index in [1.807, 2.05) is 37.8 Å². The van der Waals surface area contributed by atoms with Crippen molar-refractivity contribution in [2.24, 2.45) is 5.14 Å². The predicted molar refractivity (Wildman–Crippen MR) is 100 cm³/mol. The standard InChI is InChI=1S/C18H23N3O3S/c1-4-21(17-10-5-13(2)11-14(17)3)12-18(22)20-15-6-8-16(9-7-15)25(19,23)24/h5-11H,4,12H2,1-3H3,(H,20,22)(H2,19,23,24). The van der Waals surface area contributed by atoms with Gasteiger partial charge in [-0.3, -0.25) is 4.79 Å². The molecule has 6 nitrogen and oxygen atoms in total. The van der Waals surface area contributed by atoms with Crippen molar-refractivity contribution in [3.8, 4) is 0 Å². The highest BCUT2D eigenvalue weighted by Gasteiger charge is 2.13. The first kappa shape index (κ1) is 19.0. The summed E-state index contributed by atoms with van der Waals surface area (Å²) in [6, 6.07) is 11.9. The van der Waals surface area contributed by atoms with Crippen molar-refractivity contribution in [3.05, 3.63) is 53.6 Å². The summed E-state index contributed by atoms with van der Waals surface area (Å²) < 4.78 is 22.5. The molecule has 0 saturated carbocycles. The molecule has 134 valence electrons. The number of benzene rings is 2. The van der Waals surface area contributed by atoms with Crippen LogP contribution in [0.4, 0.5) is 11.4 Å². The SMILES string of the molecule is CCN(CC(=O)Nc1ccc(S(N)(=O)=O)cc1)c1ccc(C)cc1C. The van der Waals surface area contributed by atoms with Crippen molar-refractivity contribution in [2.45, 2.75) is 25.7 Å². The van der Waals surface area contributed by atoms with Crippen molar-refractivity contribution in [2.75, 3.05) is 23.3 Å². The first-order valence-corrected chi connectivity index (χ1v) is 9.50. The van der Waals surface area contributed by atoms with Gasteiger partial charge in [-0.25, -0.2) is 13.6 Å². The van der Waals surface area contributed by atoms with E-state index >= 15 is 0 Å². The Hall–Kier alpha value is -2.38. The van der Waals surface area contributed by atoms with E-state index in [9.17, 15) is 13.2 Å². The van der Waals surface area contributed by atoms with Crippen LogP contribution in [0.3, 0.4) is 0 Å². The molecule has 0 heterocycles. The topological polar surface area (TPSA) is 92.5 Å². The quantitative estimate of drug-likeness (QED) is 0.826. The van der Waals surface area contributed by atoms with Crippen LogP contribution in [0.5, 0.6) is 0 Å². The van der Waals surface area contributed by atoms with E-state index in [1.54, 1.807) is 0 Å². The van der Waals surface area contributed by atoms with Gasteiger partial charge in [0.1, 0.15) is 0 Å². The Labute approximate surface area is 148 Å². The number of amides is 1. The number of primary sulfonamides is 1. The molecule has 3 N–H and O–H groups in total. The van der Waals surface area contributed by atoms with Crippen LogP contribution >= 0.6 is 0 Å². The maximum absolute atomic E-state index is 12.3. The number of aryl methyl sites for hydroxylation is 2. The molecule has 0 bridgehead atoms. The minimum atomic E-state index is -3.74. The summed E-state index contributed by atoms with van der Waals surface area (Å²) >= 11 is 0. The van der Waals surface area contributed by atoms with Crippen LogP contribution in [0.15, 0.2) is 47.4 Å². The van der Waals surface area contributed by atoms with Crippen molar-refractivity contribution < 1.29 is 13.2 Å². The first-order chi connectivity index (χ1) is 11.7. The van der Waals surface area contributed by atoms with Crippen LogP contribution in [0, 0.1) is 13.8 Å². The molecule has 0 atom stereocenters. The third kappa shape index (κ3) is 5.04. The Morgan fingerprint density at radius 1 is 1.12 bits per heavy atom. The lowest BCUT2D eigenvalue weighted by Gasteiger charge is -2.24. The number of hydrogen-bond donors (Lipinski definition) is 2. The number of likely N-dealkylation sites (N-methyl/N-ethyl adjacent to an activating group) is 1. The number of sulfonamides is 1. The van der Waals surface area contributed by atoms with Crippen molar-refractivity contribution >= 4 is 27.3 Å². The zero-order chi connectivity index (χ0) is 18.6. The summed E-state index contributed by atoms with van der Waals surface area (Å²) in [5.74, 6) is -0.176. The van der Waals surface area contributed by atoms with E-state index in [-0.39, 0.29) is 17.3 Å². The molecule has 0 fully saturated rings. The molecule has 2 aromatic rings. The highest BCUT2D eigenvalue weighted by Crippen LogP contribution is 2.21. The van der Waals surface area contributed by atoms with Crippen LogP contribution in [0.1, 0.15) is 18.1 Å². The molecular weight excluding hydrogens is 338 g/mol. The fourth-order valence-electron chi connectivity index (χ4n) is 2.63. The van der Waals surface area contributed by atoms with E-state index in [2.05, 4.69) is 11.4 Å². The predicted octanol–water partition coefficient (Wildman–Crippen LogP) is 2.42. The molecule has 0 unspecified atom stereocenters. The minimum absolute atomic E-state index is 0.0102. The van der Waals surface area contributed by atoms with E-state index in [0.29, 0.717) is 12.2 Å². The number of hydrogen-bond acceptors (Lipinski definition) is 4. The Balaban J connectivity index is 2.07. The first-order valence-electron chi connectivity index (χ1n) is 7.95. The van der Waals surface area contributed by atoms with Gasteiger partial charge in [0, 0.05) is 17.9 Å². The van der Waals surface area contributed by atoms with Gasteiger partial charge >= 0.3 is 0 Å². The second-order valence-electron chi connectivity index (χ2n) is 5.92. The van der Waals surface area contributed by atoms with E-state index < -0.39 is 10.0 Å². The van der Waals surface area contributed by atoms with Crippen LogP contribution in [0.25, 0.3) is 0 Å². The molecule has 25 heavy (non-hydrogen) atoms. The van der Waals surface area contributed by atoms with Crippen molar-refractivity contribution in [3.63, 3.8) is 0 Å². The number of carbonyl (C=O) groups excluding carboxylic acids is 1. The molecule has 0 aliphatic carbocycles. The molecule has 0 saturated heterocycles. The van der Waals surface area contributed by atoms with Gasteiger partial charge in [-0.1, -0.05) is 17.7 Å². The summed E-state index contributed by atoms with van der Waals surface area (Å²) in [5, 5.41) is 7.83. The number of rotatable bonds is 6. The Bertz CT molecular complexity index is 862. The van der Waals surface area contributed by atoms with Gasteiger partial charge in [-0.05, 0) is 56.7 Å². The molecule has 0 aliphatic rings. The normalized spacial score (nSPS) is 11.2. The molecule has 2 rings (SSSR count). The molecule has 0 aliphatic heterocycles. The molecule has 7 heteroatoms. The lowest BCUT2D eigenvalue weighted by atomic mass is 10.1.